The van der Waals surface area contributed by atoms with Crippen molar-refractivity contribution in [3.8, 4) is 5.75 Å². The van der Waals surface area contributed by atoms with E-state index < -0.39 is 5.96 Å². The molecule has 0 aliphatic carbocycles. The summed E-state index contributed by atoms with van der Waals surface area (Å²) >= 11 is 8.19. The van der Waals surface area contributed by atoms with Gasteiger partial charge in [0, 0.05) is 5.56 Å². The molecule has 6 nitrogen and oxygen atoms in total. The van der Waals surface area contributed by atoms with Crippen molar-refractivity contribution in [1.29, 1.82) is 0 Å². The van der Waals surface area contributed by atoms with E-state index in [0.29, 0.717) is 5.96 Å². The molecule has 9 heteroatoms. The van der Waals surface area contributed by atoms with Gasteiger partial charge in [-0.25, -0.2) is 5.32 Å². The Balaban J connectivity index is 0.00000500. The quantitative estimate of drug-likeness (QED) is 0.0992. The normalized spacial score (nSPS) is 15.2. The third kappa shape index (κ3) is 8.76. The van der Waals surface area contributed by atoms with Crippen LogP contribution in [0.25, 0.3) is 0 Å². The van der Waals surface area contributed by atoms with Gasteiger partial charge in [-0.1, -0.05) is 0 Å². The van der Waals surface area contributed by atoms with Crippen LogP contribution < -0.4 is 54.0 Å². The molecule has 4 aromatic carbocycles. The van der Waals surface area contributed by atoms with Crippen molar-refractivity contribution in [1.82, 2.24) is 10.6 Å². The number of nitrogens with two attached hydrogens (primary N) is 1. The molecule has 0 fully saturated rings. The molecule has 0 amide bonds. The first-order chi connectivity index (χ1) is 22.4. The van der Waals surface area contributed by atoms with E-state index in [4.69, 9.17) is 21.7 Å². The molecular formula is C38H48BrClN5OP. The number of nitrogens with one attached hydrogen (secondary N) is 2. The number of unbranched alkanes of at least 4 members (excludes halogenated alkanes) is 6. The molecule has 250 valence electrons. The Morgan fingerprint density at radius 1 is 0.702 bits per heavy atom. The summed E-state index contributed by atoms with van der Waals surface area (Å²) in [6, 6.07) is 40.5. The molecular weight excluding hydrogens is 689 g/mol. The molecule has 47 heavy (non-hydrogen) atoms. The van der Waals surface area contributed by atoms with Crippen molar-refractivity contribution in [2.45, 2.75) is 51.1 Å². The zero-order valence-electron chi connectivity index (χ0n) is 27.5. The maximum absolute atomic E-state index is 8.19. The van der Waals surface area contributed by atoms with Gasteiger partial charge in [-0.05, 0) is 12.1 Å². The number of nitrogens with zero attached hydrogens (tertiary/aromatic N) is 2. The first-order valence-corrected chi connectivity index (χ1v) is 19.7. The summed E-state index contributed by atoms with van der Waals surface area (Å²) in [4.78, 5) is 4.47. The van der Waals surface area contributed by atoms with Gasteiger partial charge in [0.2, 0.25) is 0 Å². The van der Waals surface area contributed by atoms with E-state index in [2.05, 4.69) is 107 Å². The van der Waals surface area contributed by atoms with Gasteiger partial charge in [-0.2, -0.15) is 4.99 Å². The van der Waals surface area contributed by atoms with Crippen molar-refractivity contribution in [3.05, 3.63) is 121 Å². The smallest absolute Gasteiger partial charge is 1.00 e. The molecule has 0 spiro atoms. The third-order valence-electron chi connectivity index (χ3n) is 8.81. The second-order valence-corrected chi connectivity index (χ2v) is 18.8. The van der Waals surface area contributed by atoms with E-state index in [0.717, 1.165) is 42.9 Å². The number of ether oxygens (including phenoxy) is 1. The molecule has 4 N–H and O–H groups in total. The van der Waals surface area contributed by atoms with Crippen LogP contribution in [0, 0.1) is 0 Å². The molecule has 0 aromatic heterocycles. The predicted molar refractivity (Wildman–Crippen MR) is 198 cm³/mol. The van der Waals surface area contributed by atoms with Gasteiger partial charge in [0.1, 0.15) is 0 Å². The van der Waals surface area contributed by atoms with E-state index in [-0.39, 0.29) is 23.1 Å². The molecule has 0 saturated carbocycles. The Bertz CT molecular complexity index is 1500. The van der Waals surface area contributed by atoms with E-state index in [1.54, 1.807) is 0 Å². The van der Waals surface area contributed by atoms with Crippen molar-refractivity contribution in [2.75, 3.05) is 26.9 Å². The molecule has 0 saturated heterocycles. The summed E-state index contributed by atoms with van der Waals surface area (Å²) < 4.78 is 7.97. The number of aliphatic imine (C=N–C) groups is 1. The van der Waals surface area contributed by atoms with Crippen LogP contribution in [0.15, 0.2) is 120 Å². The Morgan fingerprint density at radius 3 is 1.66 bits per heavy atom. The molecule has 0 bridgehead atoms. The van der Waals surface area contributed by atoms with Gasteiger partial charge in [0.15, 0.2) is 6.17 Å². The van der Waals surface area contributed by atoms with Gasteiger partial charge in [0.05, 0.1) is 14.1 Å². The monoisotopic (exact) mass is 735 g/mol. The fourth-order valence-corrected chi connectivity index (χ4v) is 12.5. The minimum absolute atomic E-state index is 0. The minimum atomic E-state index is -3.15. The summed E-state index contributed by atoms with van der Waals surface area (Å²) in [6.45, 7) is 0.723. The molecule has 1 unspecified atom stereocenters. The third-order valence-corrected chi connectivity index (χ3v) is 16.4. The van der Waals surface area contributed by atoms with Crippen LogP contribution in [0.1, 0.15) is 56.7 Å². The van der Waals surface area contributed by atoms with Gasteiger partial charge in [-0.3, -0.25) is 9.89 Å². The Kier molecular flexibility index (Phi) is 13.3. The van der Waals surface area contributed by atoms with Crippen molar-refractivity contribution >= 4 is 45.0 Å². The number of hydrogen-bond donors (Lipinski definition) is 3. The standard InChI is InChI=1S/C38H47ClN5OP.BrH/c1-44(2)38-42-36(41-37(40)43-38)31-25-27-32(28-26-31)45-29-17-6-4-3-5-7-18-30-46(39,33-19-11-8-12-20-33,34-21-13-9-14-22-34)35-23-15-10-16-24-35;/h8-16,19-28,36H,3-7,17-18,29-30H2,1-2H3,(H3,40,41,42,43);1H. The van der Waals surface area contributed by atoms with Crippen LogP contribution >= 0.6 is 17.2 Å². The number of halogens is 2. The van der Waals surface area contributed by atoms with Gasteiger partial charge >= 0.3 is 210 Å². The zero-order valence-corrected chi connectivity index (χ0v) is 30.7. The topological polar surface area (TPSA) is 74.7 Å². The average molecular weight is 737 g/mol. The van der Waals surface area contributed by atoms with E-state index in [9.17, 15) is 0 Å². The van der Waals surface area contributed by atoms with Crippen molar-refractivity contribution < 1.29 is 26.3 Å². The van der Waals surface area contributed by atoms with E-state index >= 15 is 0 Å². The molecule has 1 heterocycles. The van der Waals surface area contributed by atoms with Crippen molar-refractivity contribution in [3.63, 3.8) is 0 Å². The summed E-state index contributed by atoms with van der Waals surface area (Å²) in [7, 11) is 3.90. The Morgan fingerprint density at radius 2 is 1.17 bits per heavy atom. The van der Waals surface area contributed by atoms with Gasteiger partial charge in [-0.15, -0.1) is 0 Å². The van der Waals surface area contributed by atoms with Crippen LogP contribution in [0.2, 0.25) is 0 Å². The van der Waals surface area contributed by atoms with Crippen LogP contribution in [-0.2, 0) is 0 Å². The van der Waals surface area contributed by atoms with Crippen LogP contribution in [0.4, 0.5) is 0 Å². The molecule has 4 aromatic rings. The van der Waals surface area contributed by atoms with Crippen molar-refractivity contribution in [2.24, 2.45) is 10.7 Å². The number of guanidine groups is 2. The predicted octanol–water partition coefficient (Wildman–Crippen LogP) is 3.62. The SMILES string of the molecule is C[N+](C)=C1NC(N)=NC(c2ccc(OCCCCCCCCCP(Cl)(c3ccccc3)(c3ccccc3)c3ccccc3)cc2)N1.[Br-]. The Hall–Kier alpha value is -3.38. The number of hydrogen-bond acceptors (Lipinski definition) is 3. The second-order valence-electron chi connectivity index (χ2n) is 12.2. The second kappa shape index (κ2) is 17.1. The fourth-order valence-electron chi connectivity index (χ4n) is 6.27. The van der Waals surface area contributed by atoms with E-state index in [1.165, 1.54) is 48.0 Å². The number of rotatable bonds is 15. The van der Waals surface area contributed by atoms with E-state index in [1.807, 2.05) is 42.9 Å². The van der Waals surface area contributed by atoms with Crippen LogP contribution in [0.5, 0.6) is 5.75 Å². The van der Waals surface area contributed by atoms with Crippen LogP contribution in [-0.4, -0.2) is 43.4 Å². The summed E-state index contributed by atoms with van der Waals surface area (Å²) in [5.74, 6) is -1.05. The first-order valence-electron chi connectivity index (χ1n) is 16.4. The Labute approximate surface area is 296 Å². The fraction of sp³-hybridized carbons (Fsp3) is 0.316. The minimum Gasteiger partial charge on any atom is -1.00 e. The first kappa shape index (κ1) is 36.5. The van der Waals surface area contributed by atoms with Gasteiger partial charge in [0.25, 0.3) is 5.96 Å². The average Bonchev–Trinajstić information content (AvgIpc) is 3.10. The van der Waals surface area contributed by atoms with Gasteiger partial charge < -0.3 is 22.7 Å². The molecule has 1 atom stereocenters. The zero-order chi connectivity index (χ0) is 32.3. The summed E-state index contributed by atoms with van der Waals surface area (Å²) in [6.07, 6.45) is 8.89. The van der Waals surface area contributed by atoms with Crippen LogP contribution in [0.3, 0.4) is 0 Å². The summed E-state index contributed by atoms with van der Waals surface area (Å²) in [5.41, 5.74) is 7.01. The maximum atomic E-state index is 8.19. The molecule has 5 rings (SSSR count). The molecule has 0 radical (unpaired) electrons. The molecule has 1 aliphatic heterocycles. The summed E-state index contributed by atoms with van der Waals surface area (Å²) in [5, 5.41) is 10.1. The number of benzene rings is 4. The molecule has 1 aliphatic rings.